The smallest absolute Gasteiger partial charge is 0.243 e. The van der Waals surface area contributed by atoms with Crippen LogP contribution in [-0.4, -0.2) is 38.8 Å². The Morgan fingerprint density at radius 3 is 2.54 bits per heavy atom. The molecule has 1 amide bonds. The first-order valence-electron chi connectivity index (χ1n) is 8.71. The summed E-state index contributed by atoms with van der Waals surface area (Å²) < 4.78 is 32.3. The Balaban J connectivity index is 1.72. The number of amides is 1. The minimum atomic E-state index is -3.69. The van der Waals surface area contributed by atoms with Crippen molar-refractivity contribution >= 4 is 44.8 Å². The molecule has 0 aliphatic carbocycles. The van der Waals surface area contributed by atoms with Crippen LogP contribution in [-0.2, 0) is 14.8 Å². The predicted octanol–water partition coefficient (Wildman–Crippen LogP) is 4.04. The zero-order valence-corrected chi connectivity index (χ0v) is 17.5. The maximum atomic E-state index is 12.9. The molecular formula is C19H20Cl2N2O4S. The predicted molar refractivity (Wildman–Crippen MR) is 110 cm³/mol. The van der Waals surface area contributed by atoms with Crippen LogP contribution in [0.1, 0.15) is 12.8 Å². The summed E-state index contributed by atoms with van der Waals surface area (Å²) in [5.41, 5.74) is 0.450. The van der Waals surface area contributed by atoms with E-state index in [2.05, 4.69) is 5.32 Å². The third-order valence-electron chi connectivity index (χ3n) is 4.64. The van der Waals surface area contributed by atoms with Gasteiger partial charge in [-0.2, -0.15) is 4.31 Å². The number of piperidine rings is 1. The quantitative estimate of drug-likeness (QED) is 0.757. The fourth-order valence-corrected chi connectivity index (χ4v) is 5.08. The van der Waals surface area contributed by atoms with Gasteiger partial charge in [-0.05, 0) is 55.3 Å². The van der Waals surface area contributed by atoms with E-state index >= 15 is 0 Å². The van der Waals surface area contributed by atoms with Gasteiger partial charge in [0, 0.05) is 18.1 Å². The van der Waals surface area contributed by atoms with Crippen molar-refractivity contribution in [3.05, 3.63) is 52.5 Å². The lowest BCUT2D eigenvalue weighted by molar-refractivity contribution is -0.120. The standard InChI is InChI=1S/C19H20Cl2N2O4S/c1-27-15-5-7-16(8-6-15)28(25,26)23-10-2-3-13(12-23)19(24)22-18-9-4-14(20)11-17(18)21/h4-9,11,13H,2-3,10,12H2,1H3,(H,22,24). The van der Waals surface area contributed by atoms with E-state index in [1.54, 1.807) is 30.3 Å². The van der Waals surface area contributed by atoms with Crippen molar-refractivity contribution in [1.29, 1.82) is 0 Å². The summed E-state index contributed by atoms with van der Waals surface area (Å²) in [5.74, 6) is -0.151. The first-order valence-corrected chi connectivity index (χ1v) is 10.9. The van der Waals surface area contributed by atoms with E-state index in [9.17, 15) is 13.2 Å². The van der Waals surface area contributed by atoms with Gasteiger partial charge in [-0.25, -0.2) is 8.42 Å². The summed E-state index contributed by atoms with van der Waals surface area (Å²) in [5, 5.41) is 3.57. The third-order valence-corrected chi connectivity index (χ3v) is 7.07. The second-order valence-corrected chi connectivity index (χ2v) is 9.27. The van der Waals surface area contributed by atoms with Crippen LogP contribution in [0.5, 0.6) is 5.75 Å². The average Bonchev–Trinajstić information content (AvgIpc) is 2.70. The highest BCUT2D eigenvalue weighted by Gasteiger charge is 2.33. The van der Waals surface area contributed by atoms with Crippen LogP contribution in [0.3, 0.4) is 0 Å². The topological polar surface area (TPSA) is 75.7 Å². The monoisotopic (exact) mass is 442 g/mol. The maximum absolute atomic E-state index is 12.9. The maximum Gasteiger partial charge on any atom is 0.243 e. The molecule has 0 bridgehead atoms. The van der Waals surface area contributed by atoms with Crippen LogP contribution in [0.15, 0.2) is 47.4 Å². The van der Waals surface area contributed by atoms with E-state index in [1.165, 1.54) is 23.5 Å². The first kappa shape index (κ1) is 20.9. The highest BCUT2D eigenvalue weighted by molar-refractivity contribution is 7.89. The largest absolute Gasteiger partial charge is 0.497 e. The molecule has 1 heterocycles. The van der Waals surface area contributed by atoms with Crippen LogP contribution >= 0.6 is 23.2 Å². The lowest BCUT2D eigenvalue weighted by atomic mass is 9.99. The average molecular weight is 443 g/mol. The number of nitrogens with one attached hydrogen (secondary N) is 1. The van der Waals surface area contributed by atoms with Gasteiger partial charge in [-0.3, -0.25) is 4.79 Å². The number of hydrogen-bond donors (Lipinski definition) is 1. The van der Waals surface area contributed by atoms with Crippen molar-refractivity contribution in [1.82, 2.24) is 4.31 Å². The van der Waals surface area contributed by atoms with Gasteiger partial charge in [0.15, 0.2) is 0 Å². The van der Waals surface area contributed by atoms with Crippen LogP contribution in [0, 0.1) is 5.92 Å². The molecule has 1 aliphatic heterocycles. The Hall–Kier alpha value is -1.80. The van der Waals surface area contributed by atoms with E-state index in [0.717, 1.165) is 0 Å². The summed E-state index contributed by atoms with van der Waals surface area (Å²) in [6.45, 7) is 0.491. The molecule has 0 radical (unpaired) electrons. The number of carbonyl (C=O) groups excluding carboxylic acids is 1. The number of carbonyl (C=O) groups is 1. The van der Waals surface area contributed by atoms with Gasteiger partial charge < -0.3 is 10.1 Å². The van der Waals surface area contributed by atoms with Crippen molar-refractivity contribution in [2.75, 3.05) is 25.5 Å². The molecule has 1 N–H and O–H groups in total. The molecule has 1 aliphatic rings. The molecule has 1 fully saturated rings. The highest BCUT2D eigenvalue weighted by atomic mass is 35.5. The Kier molecular flexibility index (Phi) is 6.50. The lowest BCUT2D eigenvalue weighted by Crippen LogP contribution is -2.43. The molecule has 6 nitrogen and oxygen atoms in total. The second kappa shape index (κ2) is 8.69. The van der Waals surface area contributed by atoms with Gasteiger partial charge >= 0.3 is 0 Å². The number of sulfonamides is 1. The number of benzene rings is 2. The molecule has 1 unspecified atom stereocenters. The van der Waals surface area contributed by atoms with Gasteiger partial charge in [-0.1, -0.05) is 23.2 Å². The fourth-order valence-electron chi connectivity index (χ4n) is 3.10. The molecule has 0 aromatic heterocycles. The van der Waals surface area contributed by atoms with E-state index in [1.807, 2.05) is 0 Å². The minimum Gasteiger partial charge on any atom is -0.497 e. The molecule has 28 heavy (non-hydrogen) atoms. The number of hydrogen-bond acceptors (Lipinski definition) is 4. The summed E-state index contributed by atoms with van der Waals surface area (Å²) in [4.78, 5) is 12.8. The van der Waals surface area contributed by atoms with Crippen molar-refractivity contribution < 1.29 is 17.9 Å². The van der Waals surface area contributed by atoms with Crippen LogP contribution < -0.4 is 10.1 Å². The molecule has 2 aromatic rings. The second-order valence-electron chi connectivity index (χ2n) is 6.49. The molecule has 1 saturated heterocycles. The zero-order chi connectivity index (χ0) is 20.3. The van der Waals surface area contributed by atoms with Gasteiger partial charge in [0.05, 0.1) is 28.6 Å². The molecule has 3 rings (SSSR count). The van der Waals surface area contributed by atoms with Crippen molar-refractivity contribution in [2.45, 2.75) is 17.7 Å². The zero-order valence-electron chi connectivity index (χ0n) is 15.2. The normalized spacial score (nSPS) is 17.9. The summed E-state index contributed by atoms with van der Waals surface area (Å²) >= 11 is 12.0. The molecule has 1 atom stereocenters. The molecule has 150 valence electrons. The molecule has 2 aromatic carbocycles. The van der Waals surface area contributed by atoms with Crippen LogP contribution in [0.2, 0.25) is 10.0 Å². The van der Waals surface area contributed by atoms with Crippen molar-refractivity contribution in [3.8, 4) is 5.75 Å². The minimum absolute atomic E-state index is 0.116. The van der Waals surface area contributed by atoms with Gasteiger partial charge in [0.1, 0.15) is 5.75 Å². The SMILES string of the molecule is COc1ccc(S(=O)(=O)N2CCCC(C(=O)Nc3ccc(Cl)cc3Cl)C2)cc1. The number of anilines is 1. The van der Waals surface area contributed by atoms with E-state index in [-0.39, 0.29) is 17.3 Å². The Labute approximate surface area is 174 Å². The Bertz CT molecular complexity index is 964. The Morgan fingerprint density at radius 1 is 1.18 bits per heavy atom. The number of rotatable bonds is 5. The van der Waals surface area contributed by atoms with Crippen molar-refractivity contribution in [3.63, 3.8) is 0 Å². The molecular weight excluding hydrogens is 423 g/mol. The van der Waals surface area contributed by atoms with Gasteiger partial charge in [-0.15, -0.1) is 0 Å². The number of ether oxygens (including phenoxy) is 1. The summed E-state index contributed by atoms with van der Waals surface area (Å²) in [7, 11) is -2.17. The van der Waals surface area contributed by atoms with Crippen LogP contribution in [0.25, 0.3) is 0 Å². The number of nitrogens with zero attached hydrogens (tertiary/aromatic N) is 1. The summed E-state index contributed by atoms with van der Waals surface area (Å²) in [6, 6.07) is 11.0. The molecule has 0 saturated carbocycles. The molecule has 9 heteroatoms. The third kappa shape index (κ3) is 4.60. The van der Waals surface area contributed by atoms with Gasteiger partial charge in [0.2, 0.25) is 15.9 Å². The Morgan fingerprint density at radius 2 is 1.89 bits per heavy atom. The van der Waals surface area contributed by atoms with E-state index < -0.39 is 15.9 Å². The van der Waals surface area contributed by atoms with Crippen molar-refractivity contribution in [2.24, 2.45) is 5.92 Å². The lowest BCUT2D eigenvalue weighted by Gasteiger charge is -2.31. The van der Waals surface area contributed by atoms with E-state index in [0.29, 0.717) is 40.9 Å². The first-order chi connectivity index (χ1) is 13.3. The van der Waals surface area contributed by atoms with Crippen LogP contribution in [0.4, 0.5) is 5.69 Å². The van der Waals surface area contributed by atoms with E-state index in [4.69, 9.17) is 27.9 Å². The van der Waals surface area contributed by atoms with Gasteiger partial charge in [0.25, 0.3) is 0 Å². The molecule has 0 spiro atoms. The number of halogens is 2. The highest BCUT2D eigenvalue weighted by Crippen LogP contribution is 2.28. The number of methoxy groups -OCH3 is 1. The summed E-state index contributed by atoms with van der Waals surface area (Å²) in [6.07, 6.45) is 1.20. The fraction of sp³-hybridized carbons (Fsp3) is 0.316.